The van der Waals surface area contributed by atoms with Crippen LogP contribution in [0.1, 0.15) is 19.7 Å². The van der Waals surface area contributed by atoms with Gasteiger partial charge in [0.05, 0.1) is 24.0 Å². The van der Waals surface area contributed by atoms with Gasteiger partial charge in [0.15, 0.2) is 0 Å². The molecule has 0 aliphatic heterocycles. The molecular weight excluding hydrogens is 228 g/mol. The molecule has 1 heterocycles. The van der Waals surface area contributed by atoms with E-state index < -0.39 is 5.60 Å². The molecular formula is C14H18N2O2. The van der Waals surface area contributed by atoms with E-state index in [-0.39, 0.29) is 6.61 Å². The summed E-state index contributed by atoms with van der Waals surface area (Å²) in [5.41, 5.74) is 1.07. The smallest absolute Gasteiger partial charge is 0.135 e. The van der Waals surface area contributed by atoms with Gasteiger partial charge in [0.1, 0.15) is 12.4 Å². The standard InChI is InChI=1S/C14H18N2O2/c1-14(2,18)10-16-12(8-15-13(16)9-17)11-6-4-3-5-7-11/h3-8,17-18H,9-10H2,1-2H3. The fraction of sp³-hybridized carbons (Fsp3) is 0.357. The van der Waals surface area contributed by atoms with E-state index in [0.717, 1.165) is 11.3 Å². The number of hydrogen-bond acceptors (Lipinski definition) is 3. The molecule has 0 fully saturated rings. The van der Waals surface area contributed by atoms with E-state index in [1.807, 2.05) is 34.9 Å². The van der Waals surface area contributed by atoms with Crippen molar-refractivity contribution in [3.63, 3.8) is 0 Å². The number of benzene rings is 1. The maximum absolute atomic E-state index is 9.95. The van der Waals surface area contributed by atoms with E-state index >= 15 is 0 Å². The highest BCUT2D eigenvalue weighted by atomic mass is 16.3. The molecule has 2 rings (SSSR count). The maximum atomic E-state index is 9.95. The van der Waals surface area contributed by atoms with Crippen LogP contribution in [0.25, 0.3) is 11.3 Å². The molecule has 0 aliphatic rings. The molecule has 0 aliphatic carbocycles. The molecule has 0 bridgehead atoms. The van der Waals surface area contributed by atoms with Gasteiger partial charge in [-0.2, -0.15) is 0 Å². The number of aliphatic hydroxyl groups excluding tert-OH is 1. The van der Waals surface area contributed by atoms with E-state index in [0.29, 0.717) is 12.4 Å². The molecule has 0 saturated carbocycles. The lowest BCUT2D eigenvalue weighted by atomic mass is 10.1. The zero-order valence-electron chi connectivity index (χ0n) is 10.7. The van der Waals surface area contributed by atoms with Gasteiger partial charge in [-0.25, -0.2) is 4.98 Å². The third-order valence-electron chi connectivity index (χ3n) is 2.69. The highest BCUT2D eigenvalue weighted by Gasteiger charge is 2.19. The predicted molar refractivity (Wildman–Crippen MR) is 69.9 cm³/mol. The van der Waals surface area contributed by atoms with E-state index in [2.05, 4.69) is 4.98 Å². The average Bonchev–Trinajstić information content (AvgIpc) is 2.71. The van der Waals surface area contributed by atoms with Gasteiger partial charge in [-0.05, 0) is 19.4 Å². The van der Waals surface area contributed by atoms with Crippen LogP contribution in [0.3, 0.4) is 0 Å². The minimum atomic E-state index is -0.853. The van der Waals surface area contributed by atoms with Crippen molar-refractivity contribution in [2.24, 2.45) is 0 Å². The van der Waals surface area contributed by atoms with Gasteiger partial charge in [0.25, 0.3) is 0 Å². The zero-order valence-corrected chi connectivity index (χ0v) is 10.7. The van der Waals surface area contributed by atoms with Gasteiger partial charge in [-0.1, -0.05) is 30.3 Å². The Balaban J connectivity index is 2.46. The topological polar surface area (TPSA) is 58.3 Å². The second-order valence-electron chi connectivity index (χ2n) is 4.98. The number of aliphatic hydroxyl groups is 2. The summed E-state index contributed by atoms with van der Waals surface area (Å²) in [6.45, 7) is 3.74. The van der Waals surface area contributed by atoms with Gasteiger partial charge in [0, 0.05) is 0 Å². The first kappa shape index (κ1) is 12.8. The molecule has 0 spiro atoms. The van der Waals surface area contributed by atoms with Crippen LogP contribution < -0.4 is 0 Å². The Bertz CT molecular complexity index is 512. The number of imidazole rings is 1. The van der Waals surface area contributed by atoms with Crippen LogP contribution in [0.2, 0.25) is 0 Å². The molecule has 2 aromatic rings. The minimum Gasteiger partial charge on any atom is -0.389 e. The predicted octanol–water partition coefficient (Wildman–Crippen LogP) is 1.81. The van der Waals surface area contributed by atoms with Crippen molar-refractivity contribution < 1.29 is 10.2 Å². The van der Waals surface area contributed by atoms with Crippen LogP contribution in [0, 0.1) is 0 Å². The van der Waals surface area contributed by atoms with Crippen LogP contribution in [0.5, 0.6) is 0 Å². The molecule has 0 saturated heterocycles. The Morgan fingerprint density at radius 1 is 1.22 bits per heavy atom. The Morgan fingerprint density at radius 3 is 2.44 bits per heavy atom. The molecule has 4 heteroatoms. The summed E-state index contributed by atoms with van der Waals surface area (Å²) in [7, 11) is 0. The second-order valence-corrected chi connectivity index (χ2v) is 4.98. The van der Waals surface area contributed by atoms with Crippen LogP contribution in [-0.4, -0.2) is 25.4 Å². The molecule has 4 nitrogen and oxygen atoms in total. The Morgan fingerprint density at radius 2 is 1.89 bits per heavy atom. The van der Waals surface area contributed by atoms with Crippen molar-refractivity contribution in [3.05, 3.63) is 42.4 Å². The van der Waals surface area contributed by atoms with Gasteiger partial charge in [0.2, 0.25) is 0 Å². The largest absolute Gasteiger partial charge is 0.389 e. The summed E-state index contributed by atoms with van der Waals surface area (Å²) in [5.74, 6) is 0.566. The summed E-state index contributed by atoms with van der Waals surface area (Å²) in [6, 6.07) is 9.83. The maximum Gasteiger partial charge on any atom is 0.135 e. The highest BCUT2D eigenvalue weighted by Crippen LogP contribution is 2.22. The molecule has 96 valence electrons. The van der Waals surface area contributed by atoms with Crippen LogP contribution in [0.4, 0.5) is 0 Å². The monoisotopic (exact) mass is 246 g/mol. The molecule has 1 aromatic heterocycles. The molecule has 0 atom stereocenters. The van der Waals surface area contributed by atoms with Gasteiger partial charge < -0.3 is 14.8 Å². The summed E-state index contributed by atoms with van der Waals surface area (Å²) in [6.07, 6.45) is 1.73. The lowest BCUT2D eigenvalue weighted by Gasteiger charge is -2.21. The van der Waals surface area contributed by atoms with Crippen molar-refractivity contribution in [1.29, 1.82) is 0 Å². The SMILES string of the molecule is CC(C)(O)Cn1c(-c2ccccc2)cnc1CO. The van der Waals surface area contributed by atoms with Crippen LogP contribution in [0.15, 0.2) is 36.5 Å². The fourth-order valence-corrected chi connectivity index (χ4v) is 1.94. The Kier molecular flexibility index (Phi) is 3.50. The van der Waals surface area contributed by atoms with Gasteiger partial charge in [-0.3, -0.25) is 0 Å². The minimum absolute atomic E-state index is 0.136. The summed E-state index contributed by atoms with van der Waals surface area (Å²) >= 11 is 0. The fourth-order valence-electron chi connectivity index (χ4n) is 1.94. The van der Waals surface area contributed by atoms with E-state index in [9.17, 15) is 10.2 Å². The summed E-state index contributed by atoms with van der Waals surface area (Å²) in [4.78, 5) is 4.20. The number of hydrogen-bond donors (Lipinski definition) is 2. The van der Waals surface area contributed by atoms with Crippen LogP contribution >= 0.6 is 0 Å². The summed E-state index contributed by atoms with van der Waals surface area (Å²) < 4.78 is 1.86. The third-order valence-corrected chi connectivity index (χ3v) is 2.69. The van der Waals surface area contributed by atoms with Crippen molar-refractivity contribution in [3.8, 4) is 11.3 Å². The Hall–Kier alpha value is -1.65. The third kappa shape index (κ3) is 2.78. The molecule has 2 N–H and O–H groups in total. The van der Waals surface area contributed by atoms with E-state index in [4.69, 9.17) is 0 Å². The van der Waals surface area contributed by atoms with Crippen molar-refractivity contribution >= 4 is 0 Å². The number of rotatable bonds is 4. The quantitative estimate of drug-likeness (QED) is 0.865. The first-order valence-electron chi connectivity index (χ1n) is 5.94. The van der Waals surface area contributed by atoms with Gasteiger partial charge >= 0.3 is 0 Å². The van der Waals surface area contributed by atoms with Crippen molar-refractivity contribution in [1.82, 2.24) is 9.55 Å². The molecule has 1 aromatic carbocycles. The molecule has 0 unspecified atom stereocenters. The summed E-state index contributed by atoms with van der Waals surface area (Å²) in [5, 5.41) is 19.3. The van der Waals surface area contributed by atoms with Crippen molar-refractivity contribution in [2.75, 3.05) is 0 Å². The zero-order chi connectivity index (χ0) is 13.2. The van der Waals surface area contributed by atoms with Gasteiger partial charge in [-0.15, -0.1) is 0 Å². The molecule has 0 amide bonds. The first-order valence-corrected chi connectivity index (χ1v) is 5.94. The van der Waals surface area contributed by atoms with E-state index in [1.54, 1.807) is 20.0 Å². The highest BCUT2D eigenvalue weighted by molar-refractivity contribution is 5.59. The molecule has 0 radical (unpaired) electrons. The Labute approximate surface area is 107 Å². The lowest BCUT2D eigenvalue weighted by Crippen LogP contribution is -2.27. The van der Waals surface area contributed by atoms with Crippen molar-refractivity contribution in [2.45, 2.75) is 32.6 Å². The first-order chi connectivity index (χ1) is 8.51. The normalized spacial score (nSPS) is 11.8. The molecule has 18 heavy (non-hydrogen) atoms. The second kappa shape index (κ2) is 4.92. The van der Waals surface area contributed by atoms with E-state index in [1.165, 1.54) is 0 Å². The average molecular weight is 246 g/mol. The number of aromatic nitrogens is 2. The number of nitrogens with zero attached hydrogens (tertiary/aromatic N) is 2. The van der Waals surface area contributed by atoms with Crippen LogP contribution in [-0.2, 0) is 13.2 Å². The lowest BCUT2D eigenvalue weighted by molar-refractivity contribution is 0.0598.